The molecule has 4 N–H and O–H groups in total. The van der Waals surface area contributed by atoms with Crippen LogP contribution in [0, 0.1) is 0 Å². The van der Waals surface area contributed by atoms with Crippen molar-refractivity contribution in [3.8, 4) is 102 Å². The molecular weight excluding hydrogens is 1810 g/mol. The Kier molecular flexibility index (Phi) is 55.0. The van der Waals surface area contributed by atoms with Crippen LogP contribution in [0.4, 0.5) is 0 Å². The highest BCUT2D eigenvalue weighted by Gasteiger charge is 2.27. The van der Waals surface area contributed by atoms with Crippen molar-refractivity contribution in [2.45, 2.75) is 427 Å². The molecular formula is C130H182N4O12. The van der Waals surface area contributed by atoms with Crippen molar-refractivity contribution < 1.29 is 57.7 Å². The SMILES string of the molecule is CCCCCCCCCCCCOc1cc(C(=O)Oc2ccc(-c3c4nc(c(-c5ccc(OC(=O)c6cc(OCCCCCCCCCCCC)c(OCCCCCCCCCCCC)c(OCCCCCCCCCCCC)c6)cc5)c5ccc([nH]5)c(-c5ccc(O)cc5)c5nc(c(-c6ccc(O)cc6)c6ccc3[nH]6)C=C5)C=C4)cc2)cc(OCCCCCCCCCCCC)c1OCCCCCCCCCCCC. The lowest BCUT2D eigenvalue weighted by molar-refractivity contribution is 0.0724. The molecule has 16 nitrogen and oxygen atoms in total. The number of fused-ring (bicyclic) bond motifs is 8. The fourth-order valence-electron chi connectivity index (χ4n) is 20.1. The second-order valence-corrected chi connectivity index (χ2v) is 41.2. The standard InChI is InChI=1S/C130H182N4O12/c1-7-13-19-25-31-37-43-49-55-61-91-139-119-97-105(98-120(140-92-62-56-50-44-38-32-26-20-14-8-2)127(119)143-95-65-59-53-47-41-35-29-23-17-11-5)129(137)145-109-79-71-103(72-80-109)125-115-87-85-113(132-115)123(101-67-75-107(135)76-68-101)111-83-84-112(131-111)124(102-69-77-108(136)78-70-102)114-86-88-116(133-114)126(118-90-89-117(125)134-118)104-73-81-110(82-74-104)146-130(138)106-99-121(141-93-63-57-51-45-39-33-27-21-15-9-3)128(144-96-66-60-54-48-42-36-30-24-18-12-6)122(100-106)142-94-64-58-52-46-40-34-28-22-16-10-4/h67-90,97-100,132-133,135-136H,7-66,91-96H2,1-6H3. The number of carbonyl (C=O) groups is 2. The average Bonchev–Trinajstić information content (AvgIpc) is 1.61. The number of phenolic OH excluding ortho intramolecular Hbond substituents is 2. The minimum absolute atomic E-state index is 0.134. The van der Waals surface area contributed by atoms with Crippen LogP contribution in [0.2, 0.25) is 0 Å². The predicted octanol–water partition coefficient (Wildman–Crippen LogP) is 39.0. The van der Waals surface area contributed by atoms with E-state index in [2.05, 4.69) is 75.8 Å². The number of rotatable bonds is 80. The summed E-state index contributed by atoms with van der Waals surface area (Å²) in [5, 5.41) is 21.6. The molecule has 5 heterocycles. The number of H-pyrrole nitrogens is 2. The molecule has 0 spiro atoms. The molecule has 16 heteroatoms. The zero-order chi connectivity index (χ0) is 102. The molecule has 2 aliphatic heterocycles. The van der Waals surface area contributed by atoms with Crippen LogP contribution in [0.15, 0.2) is 146 Å². The molecule has 0 saturated carbocycles. The number of hydrogen-bond acceptors (Lipinski definition) is 14. The van der Waals surface area contributed by atoms with E-state index in [0.717, 1.165) is 169 Å². The van der Waals surface area contributed by atoms with E-state index in [0.29, 0.717) is 120 Å². The number of nitrogens with zero attached hydrogens (tertiary/aromatic N) is 2. The first-order chi connectivity index (χ1) is 72.0. The summed E-state index contributed by atoms with van der Waals surface area (Å²) in [5.74, 6) is 2.92. The number of unbranched alkanes of at least 4 members (excludes halogenated alkanes) is 54. The van der Waals surface area contributed by atoms with Crippen LogP contribution in [-0.2, 0) is 0 Å². The number of benzene rings is 6. The summed E-state index contributed by atoms with van der Waals surface area (Å²) < 4.78 is 53.6. The molecule has 0 saturated heterocycles. The van der Waals surface area contributed by atoms with Gasteiger partial charge in [-0.3, -0.25) is 0 Å². The summed E-state index contributed by atoms with van der Waals surface area (Å²) >= 11 is 0. The van der Waals surface area contributed by atoms with Crippen molar-refractivity contribution in [1.29, 1.82) is 0 Å². The van der Waals surface area contributed by atoms with Crippen LogP contribution >= 0.6 is 0 Å². The van der Waals surface area contributed by atoms with Gasteiger partial charge in [0.2, 0.25) is 11.5 Å². The number of ether oxygens (including phenoxy) is 8. The largest absolute Gasteiger partial charge is 0.508 e. The lowest BCUT2D eigenvalue weighted by Crippen LogP contribution is -2.12. The van der Waals surface area contributed by atoms with Gasteiger partial charge in [0.1, 0.15) is 23.0 Å². The van der Waals surface area contributed by atoms with E-state index in [-0.39, 0.29) is 11.5 Å². The number of aromatic nitrogens is 4. The highest BCUT2D eigenvalue weighted by molar-refractivity contribution is 6.01. The van der Waals surface area contributed by atoms with Crippen LogP contribution in [-0.4, -0.2) is 81.7 Å². The number of phenols is 2. The van der Waals surface area contributed by atoms with Crippen molar-refractivity contribution >= 4 is 58.3 Å². The Bertz CT molecular complexity index is 4990. The maximum atomic E-state index is 15.1. The highest BCUT2D eigenvalue weighted by atomic mass is 16.6. The number of aromatic amines is 2. The first kappa shape index (κ1) is 116. The molecule has 0 amide bonds. The molecule has 0 aliphatic carbocycles. The second-order valence-electron chi connectivity index (χ2n) is 41.2. The molecule has 8 bridgehead atoms. The van der Waals surface area contributed by atoms with E-state index in [1.165, 1.54) is 283 Å². The third-order valence-electron chi connectivity index (χ3n) is 28.8. The van der Waals surface area contributed by atoms with Gasteiger partial charge >= 0.3 is 11.9 Å². The van der Waals surface area contributed by atoms with E-state index in [1.807, 2.05) is 97.1 Å². The number of nitrogens with one attached hydrogen (secondary N) is 2. The highest BCUT2D eigenvalue weighted by Crippen LogP contribution is 2.45. The van der Waals surface area contributed by atoms with Gasteiger partial charge < -0.3 is 58.1 Å². The van der Waals surface area contributed by atoms with Gasteiger partial charge in [0, 0.05) is 44.3 Å². The zero-order valence-electron chi connectivity index (χ0n) is 90.7. The van der Waals surface area contributed by atoms with E-state index < -0.39 is 11.9 Å². The molecule has 0 fully saturated rings. The van der Waals surface area contributed by atoms with Gasteiger partial charge in [-0.2, -0.15) is 0 Å². The third kappa shape index (κ3) is 40.7. The van der Waals surface area contributed by atoms with Gasteiger partial charge in [-0.05, 0) is 182 Å². The first-order valence-electron chi connectivity index (χ1n) is 58.5. The van der Waals surface area contributed by atoms with Gasteiger partial charge in [0.15, 0.2) is 23.0 Å². The Balaban J connectivity index is 0.935. The van der Waals surface area contributed by atoms with E-state index >= 15 is 9.59 Å². The second kappa shape index (κ2) is 69.5. The van der Waals surface area contributed by atoms with Crippen molar-refractivity contribution in [1.82, 2.24) is 19.9 Å². The van der Waals surface area contributed by atoms with Crippen molar-refractivity contribution in [2.75, 3.05) is 39.6 Å². The maximum absolute atomic E-state index is 15.1. The van der Waals surface area contributed by atoms with Crippen LogP contribution in [0.5, 0.6) is 57.5 Å². The summed E-state index contributed by atoms with van der Waals surface area (Å²) in [6.45, 7) is 16.6. The number of hydrogen-bond donors (Lipinski definition) is 4. The molecule has 6 aromatic carbocycles. The van der Waals surface area contributed by atoms with E-state index in [4.69, 9.17) is 47.9 Å². The van der Waals surface area contributed by atoms with Gasteiger partial charge in [0.05, 0.1) is 73.5 Å². The molecule has 0 atom stereocenters. The molecule has 2 aliphatic rings. The third-order valence-corrected chi connectivity index (χ3v) is 28.8. The molecule has 0 radical (unpaired) electrons. The smallest absolute Gasteiger partial charge is 0.343 e. The summed E-state index contributed by atoms with van der Waals surface area (Å²) in [7, 11) is 0. The van der Waals surface area contributed by atoms with Crippen molar-refractivity contribution in [3.05, 3.63) is 179 Å². The van der Waals surface area contributed by atoms with Crippen LogP contribution in [0.25, 0.3) is 90.9 Å². The fourth-order valence-corrected chi connectivity index (χ4v) is 20.1. The Hall–Kier alpha value is -10.7. The first-order valence-corrected chi connectivity index (χ1v) is 58.5. The Morgan fingerprint density at radius 2 is 0.404 bits per heavy atom. The van der Waals surface area contributed by atoms with E-state index in [9.17, 15) is 10.2 Å². The molecule has 146 heavy (non-hydrogen) atoms. The Labute approximate surface area is 878 Å². The monoisotopic (exact) mass is 1990 g/mol. The predicted molar refractivity (Wildman–Crippen MR) is 611 cm³/mol. The maximum Gasteiger partial charge on any atom is 0.343 e. The van der Waals surface area contributed by atoms with Gasteiger partial charge in [-0.25, -0.2) is 19.6 Å². The van der Waals surface area contributed by atoms with Gasteiger partial charge in [-0.1, -0.05) is 437 Å². The lowest BCUT2D eigenvalue weighted by Gasteiger charge is -2.19. The number of esters is 2. The summed E-state index contributed by atoms with van der Waals surface area (Å²) in [5.41, 5.74) is 12.6. The number of carbonyl (C=O) groups excluding carboxylic acids is 2. The summed E-state index contributed by atoms with van der Waals surface area (Å²) in [4.78, 5) is 49.1. The Morgan fingerprint density at radius 3 is 0.603 bits per heavy atom. The average molecular weight is 1990 g/mol. The van der Waals surface area contributed by atoms with Crippen LogP contribution < -0.4 is 37.9 Å². The zero-order valence-corrected chi connectivity index (χ0v) is 90.7. The normalized spacial score (nSPS) is 11.7. The topological polar surface area (TPSA) is 206 Å². The lowest BCUT2D eigenvalue weighted by atomic mass is 10.0. The molecule has 9 aromatic rings. The van der Waals surface area contributed by atoms with Gasteiger partial charge in [-0.15, -0.1) is 0 Å². The van der Waals surface area contributed by atoms with Gasteiger partial charge in [0.25, 0.3) is 0 Å². The summed E-state index contributed by atoms with van der Waals surface area (Å²) in [6, 6.07) is 45.0. The van der Waals surface area contributed by atoms with E-state index in [1.54, 1.807) is 48.5 Å². The summed E-state index contributed by atoms with van der Waals surface area (Å²) in [6.07, 6.45) is 80.7. The molecule has 11 rings (SSSR count). The Morgan fingerprint density at radius 1 is 0.226 bits per heavy atom. The number of aromatic hydroxyl groups is 2. The molecule has 794 valence electrons. The molecule has 0 unspecified atom stereocenters. The quantitative estimate of drug-likeness (QED) is 0.0159. The van der Waals surface area contributed by atoms with Crippen molar-refractivity contribution in [3.63, 3.8) is 0 Å². The van der Waals surface area contributed by atoms with Crippen LogP contribution in [0.1, 0.15) is 470 Å². The minimum Gasteiger partial charge on any atom is -0.508 e. The minimum atomic E-state index is -0.551. The molecule has 3 aromatic heterocycles. The van der Waals surface area contributed by atoms with Crippen molar-refractivity contribution in [2.24, 2.45) is 0 Å². The van der Waals surface area contributed by atoms with Crippen LogP contribution in [0.3, 0.4) is 0 Å². The fraction of sp³-hybridized carbons (Fsp3) is 0.554.